The number of halogens is 1. The zero-order chi connectivity index (χ0) is 21.7. The highest BCUT2D eigenvalue weighted by atomic mass is 35.5. The molecule has 0 radical (unpaired) electrons. The molecule has 2 aromatic carbocycles. The van der Waals surface area contributed by atoms with Crippen LogP contribution in [0.5, 0.6) is 0 Å². The van der Waals surface area contributed by atoms with E-state index in [0.717, 1.165) is 38.8 Å². The van der Waals surface area contributed by atoms with E-state index >= 15 is 0 Å². The van der Waals surface area contributed by atoms with Crippen molar-refractivity contribution in [1.82, 2.24) is 9.97 Å². The largest absolute Gasteiger partial charge is 0.468 e. The topological polar surface area (TPSA) is 71.4 Å². The fourth-order valence-electron chi connectivity index (χ4n) is 4.27. The summed E-state index contributed by atoms with van der Waals surface area (Å²) in [7, 11) is 1.41. The Kier molecular flexibility index (Phi) is 4.74. The van der Waals surface area contributed by atoms with Crippen molar-refractivity contribution >= 4 is 51.2 Å². The first-order valence-corrected chi connectivity index (χ1v) is 10.5. The van der Waals surface area contributed by atoms with E-state index in [2.05, 4.69) is 23.0 Å². The van der Waals surface area contributed by atoms with Gasteiger partial charge < -0.3 is 19.0 Å². The molecule has 0 saturated carbocycles. The third kappa shape index (κ3) is 3.27. The van der Waals surface area contributed by atoms with Crippen LogP contribution in [0.2, 0.25) is 5.02 Å². The van der Waals surface area contributed by atoms with Crippen molar-refractivity contribution in [3.05, 3.63) is 64.3 Å². The molecule has 31 heavy (non-hydrogen) atoms. The number of hydrogen-bond donors (Lipinski definition) is 1. The number of methoxy groups -OCH3 is 1. The lowest BCUT2D eigenvalue weighted by Crippen LogP contribution is -2.37. The molecule has 0 amide bonds. The maximum atomic E-state index is 12.7. The average molecular weight is 436 g/mol. The number of nitrogens with one attached hydrogen (secondary N) is 1. The Hall–Kier alpha value is -3.25. The number of aromatic nitrogens is 2. The first-order chi connectivity index (χ1) is 15.0. The predicted molar refractivity (Wildman–Crippen MR) is 122 cm³/mol. The monoisotopic (exact) mass is 435 g/mol. The van der Waals surface area contributed by atoms with Crippen LogP contribution in [0.15, 0.2) is 46.9 Å². The quantitative estimate of drug-likeness (QED) is 0.420. The van der Waals surface area contributed by atoms with Crippen LogP contribution in [-0.4, -0.2) is 29.6 Å². The normalized spacial score (nSPS) is 16.7. The van der Waals surface area contributed by atoms with Crippen LogP contribution >= 0.6 is 11.6 Å². The van der Waals surface area contributed by atoms with Gasteiger partial charge in [0.2, 0.25) is 0 Å². The molecule has 1 N–H and O–H groups in total. The van der Waals surface area contributed by atoms with E-state index in [4.69, 9.17) is 20.8 Å². The van der Waals surface area contributed by atoms with Gasteiger partial charge in [-0.1, -0.05) is 23.7 Å². The Labute approximate surface area is 184 Å². The molecule has 0 saturated heterocycles. The van der Waals surface area contributed by atoms with Crippen molar-refractivity contribution in [2.24, 2.45) is 0 Å². The van der Waals surface area contributed by atoms with E-state index in [1.807, 2.05) is 48.2 Å². The molecule has 7 heteroatoms. The lowest BCUT2D eigenvalue weighted by atomic mass is 9.92. The van der Waals surface area contributed by atoms with Gasteiger partial charge >= 0.3 is 5.97 Å². The minimum Gasteiger partial charge on any atom is -0.468 e. The summed E-state index contributed by atoms with van der Waals surface area (Å²) in [5, 5.41) is 1.58. The van der Waals surface area contributed by atoms with Crippen LogP contribution in [0.4, 0.5) is 6.01 Å². The lowest BCUT2D eigenvalue weighted by Gasteiger charge is -2.30. The molecular formula is C24H22ClN3O3. The number of rotatable bonds is 3. The van der Waals surface area contributed by atoms with Crippen molar-refractivity contribution in [2.75, 3.05) is 18.6 Å². The van der Waals surface area contributed by atoms with Gasteiger partial charge in [0.15, 0.2) is 5.58 Å². The van der Waals surface area contributed by atoms with Gasteiger partial charge in [0.05, 0.1) is 13.7 Å². The highest BCUT2D eigenvalue weighted by molar-refractivity contribution is 6.31. The van der Waals surface area contributed by atoms with E-state index in [-0.39, 0.29) is 5.97 Å². The van der Waals surface area contributed by atoms with Gasteiger partial charge in [0, 0.05) is 28.2 Å². The summed E-state index contributed by atoms with van der Waals surface area (Å²) in [6.07, 6.45) is 2.06. The molecule has 1 atom stereocenters. The molecule has 4 aromatic rings. The molecule has 0 aliphatic carbocycles. The Bertz CT molecular complexity index is 1350. The summed E-state index contributed by atoms with van der Waals surface area (Å²) in [4.78, 5) is 22.8. The second kappa shape index (κ2) is 7.46. The number of aromatic amines is 1. The van der Waals surface area contributed by atoms with Gasteiger partial charge in [-0.25, -0.2) is 0 Å². The average Bonchev–Trinajstić information content (AvgIpc) is 3.37. The third-order valence-electron chi connectivity index (χ3n) is 6.00. The van der Waals surface area contributed by atoms with Crippen LogP contribution in [-0.2, 0) is 16.1 Å². The van der Waals surface area contributed by atoms with Crippen molar-refractivity contribution in [3.8, 4) is 0 Å². The molecule has 5 rings (SSSR count). The number of esters is 1. The van der Waals surface area contributed by atoms with Crippen molar-refractivity contribution in [2.45, 2.75) is 26.3 Å². The van der Waals surface area contributed by atoms with E-state index in [0.29, 0.717) is 24.1 Å². The second-order valence-electron chi connectivity index (χ2n) is 7.81. The zero-order valence-electron chi connectivity index (χ0n) is 17.5. The Morgan fingerprint density at radius 3 is 2.94 bits per heavy atom. The second-order valence-corrected chi connectivity index (χ2v) is 8.25. The number of oxazole rings is 1. The number of H-pyrrole nitrogens is 1. The van der Waals surface area contributed by atoms with Crippen LogP contribution < -0.4 is 4.90 Å². The molecular weight excluding hydrogens is 414 g/mol. The molecule has 3 heterocycles. The van der Waals surface area contributed by atoms with Gasteiger partial charge in [0.1, 0.15) is 11.4 Å². The van der Waals surface area contributed by atoms with E-state index in [1.54, 1.807) is 0 Å². The standard InChI is InChI=1S/C24H22ClN3O3/c1-4-13(2)14-5-7-19-21(9-14)31-24(27-19)28-11-17(23(29)30-3)22-16-10-15(25)6-8-18(16)26-20(22)12-28/h4-10,17,26H,11-12H2,1-3H3/b13-4+. The van der Waals surface area contributed by atoms with Crippen molar-refractivity contribution in [1.29, 1.82) is 0 Å². The van der Waals surface area contributed by atoms with E-state index < -0.39 is 5.92 Å². The van der Waals surface area contributed by atoms with Gasteiger partial charge in [-0.3, -0.25) is 4.79 Å². The molecule has 1 aliphatic rings. The number of carbonyl (C=O) groups is 1. The van der Waals surface area contributed by atoms with Gasteiger partial charge in [0.25, 0.3) is 6.01 Å². The summed E-state index contributed by atoms with van der Waals surface area (Å²) >= 11 is 6.22. The lowest BCUT2D eigenvalue weighted by molar-refractivity contribution is -0.142. The number of fused-ring (bicyclic) bond motifs is 4. The number of hydrogen-bond acceptors (Lipinski definition) is 5. The van der Waals surface area contributed by atoms with Crippen LogP contribution in [0, 0.1) is 0 Å². The molecule has 1 unspecified atom stereocenters. The SMILES string of the molecule is C/C=C(\C)c1ccc2nc(N3Cc4[nH]c5ccc(Cl)cc5c4C(C(=O)OC)C3)oc2c1. The van der Waals surface area contributed by atoms with Gasteiger partial charge in [-0.05, 0) is 60.9 Å². The van der Waals surface area contributed by atoms with E-state index in [9.17, 15) is 4.79 Å². The van der Waals surface area contributed by atoms with Gasteiger partial charge in [-0.15, -0.1) is 0 Å². The number of benzene rings is 2. The van der Waals surface area contributed by atoms with Crippen molar-refractivity contribution < 1.29 is 13.9 Å². The molecule has 1 aliphatic heterocycles. The van der Waals surface area contributed by atoms with Crippen LogP contribution in [0.3, 0.4) is 0 Å². The highest BCUT2D eigenvalue weighted by Gasteiger charge is 2.36. The maximum absolute atomic E-state index is 12.7. The fraction of sp³-hybridized carbons (Fsp3) is 0.250. The van der Waals surface area contributed by atoms with Crippen molar-refractivity contribution in [3.63, 3.8) is 0 Å². The number of carbonyl (C=O) groups excluding carboxylic acids is 1. The number of allylic oxidation sites excluding steroid dienone is 2. The predicted octanol–water partition coefficient (Wildman–Crippen LogP) is 5.66. The summed E-state index contributed by atoms with van der Waals surface area (Å²) in [5.74, 6) is -0.772. The van der Waals surface area contributed by atoms with E-state index in [1.165, 1.54) is 12.7 Å². The van der Waals surface area contributed by atoms with Crippen LogP contribution in [0.1, 0.15) is 36.6 Å². The third-order valence-corrected chi connectivity index (χ3v) is 6.24. The minimum absolute atomic E-state index is 0.297. The fourth-order valence-corrected chi connectivity index (χ4v) is 4.44. The molecule has 0 bridgehead atoms. The summed E-state index contributed by atoms with van der Waals surface area (Å²) in [6.45, 7) is 5.03. The first-order valence-electron chi connectivity index (χ1n) is 10.1. The molecule has 6 nitrogen and oxygen atoms in total. The van der Waals surface area contributed by atoms with Gasteiger partial charge in [-0.2, -0.15) is 4.98 Å². The maximum Gasteiger partial charge on any atom is 0.315 e. The zero-order valence-corrected chi connectivity index (χ0v) is 18.3. The smallest absolute Gasteiger partial charge is 0.315 e. The Morgan fingerprint density at radius 1 is 1.32 bits per heavy atom. The minimum atomic E-state index is -0.475. The Balaban J connectivity index is 1.58. The number of anilines is 1. The highest BCUT2D eigenvalue weighted by Crippen LogP contribution is 2.38. The number of ether oxygens (including phenoxy) is 1. The van der Waals surface area contributed by atoms with Crippen LogP contribution in [0.25, 0.3) is 27.6 Å². The summed E-state index contributed by atoms with van der Waals surface area (Å²) in [5.41, 5.74) is 6.58. The molecule has 0 spiro atoms. The summed E-state index contributed by atoms with van der Waals surface area (Å²) < 4.78 is 11.2. The first kappa shape index (κ1) is 19.7. The number of nitrogens with zero attached hydrogens (tertiary/aromatic N) is 2. The Morgan fingerprint density at radius 2 is 2.16 bits per heavy atom. The molecule has 0 fully saturated rings. The molecule has 158 valence electrons. The molecule has 2 aromatic heterocycles. The summed E-state index contributed by atoms with van der Waals surface area (Å²) in [6, 6.07) is 12.1.